The highest BCUT2D eigenvalue weighted by molar-refractivity contribution is 5.78. The van der Waals surface area contributed by atoms with Crippen molar-refractivity contribution in [3.8, 4) is 11.8 Å². The Morgan fingerprint density at radius 1 is 1.30 bits per heavy atom. The van der Waals surface area contributed by atoms with Gasteiger partial charge in [0.1, 0.15) is 0 Å². The molecule has 2 rings (SSSR count). The van der Waals surface area contributed by atoms with E-state index in [1.807, 2.05) is 50.3 Å². The number of aliphatic hydroxyl groups is 1. The Morgan fingerprint density at radius 2 is 2.07 bits per heavy atom. The highest BCUT2D eigenvalue weighted by Gasteiger charge is 2.25. The summed E-state index contributed by atoms with van der Waals surface area (Å²) in [5.41, 5.74) is 1.08. The molecule has 1 aliphatic heterocycles. The van der Waals surface area contributed by atoms with Gasteiger partial charge in [0.2, 0.25) is 5.91 Å². The standard InChI is InChI=1S/C25H33NO4/c1-20(2)30-25(29)15-8-3-4-9-18-26-22(13-10-14-24(26)28)16-17-23(27)19-21-11-6-5-7-12-21/h5-7,11-12,16-17,20,22-23,27H,3,8,10,13-15,18-19H2,1-2H3/t22-,23?/m1/s1. The molecular formula is C25H33NO4. The molecule has 1 fully saturated rings. The molecule has 1 amide bonds. The van der Waals surface area contributed by atoms with Crippen molar-refractivity contribution in [3.63, 3.8) is 0 Å². The molecule has 1 aromatic carbocycles. The van der Waals surface area contributed by atoms with E-state index >= 15 is 0 Å². The van der Waals surface area contributed by atoms with Crippen LogP contribution in [0, 0.1) is 11.8 Å². The number of piperidine rings is 1. The first kappa shape index (κ1) is 23.7. The number of rotatable bonds is 9. The van der Waals surface area contributed by atoms with Gasteiger partial charge >= 0.3 is 5.97 Å². The Morgan fingerprint density at radius 3 is 2.80 bits per heavy atom. The number of hydrogen-bond donors (Lipinski definition) is 1. The van der Waals surface area contributed by atoms with Crippen molar-refractivity contribution in [2.24, 2.45) is 0 Å². The molecule has 1 saturated heterocycles. The number of unbranched alkanes of at least 4 members (excludes halogenated alkanes) is 1. The predicted octanol–water partition coefficient (Wildman–Crippen LogP) is 3.65. The number of carbonyl (C=O) groups excluding carboxylic acids is 2. The lowest BCUT2D eigenvalue weighted by molar-refractivity contribution is -0.147. The van der Waals surface area contributed by atoms with Crippen LogP contribution < -0.4 is 0 Å². The van der Waals surface area contributed by atoms with Gasteiger partial charge in [-0.15, -0.1) is 5.92 Å². The van der Waals surface area contributed by atoms with Crippen LogP contribution in [0.15, 0.2) is 42.5 Å². The SMILES string of the molecule is CC(C)OC(=O)CCCC#CCN1C(=O)CCC[C@@H]1C=CC(O)Cc1ccccc1. The number of esters is 1. The smallest absolute Gasteiger partial charge is 0.306 e. The number of hydrogen-bond acceptors (Lipinski definition) is 4. The summed E-state index contributed by atoms with van der Waals surface area (Å²) in [7, 11) is 0. The largest absolute Gasteiger partial charge is 0.463 e. The molecule has 1 heterocycles. The van der Waals surface area contributed by atoms with Crippen LogP contribution in [0.3, 0.4) is 0 Å². The molecule has 1 unspecified atom stereocenters. The molecule has 5 heteroatoms. The summed E-state index contributed by atoms with van der Waals surface area (Å²) in [5, 5.41) is 10.3. The fourth-order valence-corrected chi connectivity index (χ4v) is 3.40. The lowest BCUT2D eigenvalue weighted by Crippen LogP contribution is -2.42. The summed E-state index contributed by atoms with van der Waals surface area (Å²) in [6.45, 7) is 4.04. The van der Waals surface area contributed by atoms with Crippen LogP contribution in [0.4, 0.5) is 0 Å². The summed E-state index contributed by atoms with van der Waals surface area (Å²) in [4.78, 5) is 25.7. The molecule has 162 valence electrons. The first-order valence-corrected chi connectivity index (χ1v) is 10.8. The normalized spacial score (nSPS) is 17.7. The van der Waals surface area contributed by atoms with Gasteiger partial charge in [0.25, 0.3) is 0 Å². The van der Waals surface area contributed by atoms with E-state index in [-0.39, 0.29) is 24.0 Å². The van der Waals surface area contributed by atoms with E-state index in [9.17, 15) is 14.7 Å². The van der Waals surface area contributed by atoms with E-state index in [1.54, 1.807) is 11.0 Å². The first-order valence-electron chi connectivity index (χ1n) is 10.8. The molecule has 1 aliphatic rings. The molecular weight excluding hydrogens is 378 g/mol. The average Bonchev–Trinajstić information content (AvgIpc) is 2.70. The van der Waals surface area contributed by atoms with Gasteiger partial charge in [-0.2, -0.15) is 0 Å². The second-order valence-corrected chi connectivity index (χ2v) is 7.87. The predicted molar refractivity (Wildman–Crippen MR) is 117 cm³/mol. The van der Waals surface area contributed by atoms with Crippen LogP contribution >= 0.6 is 0 Å². The van der Waals surface area contributed by atoms with Gasteiger partial charge in [-0.1, -0.05) is 48.4 Å². The minimum Gasteiger partial charge on any atom is -0.463 e. The molecule has 0 aliphatic carbocycles. The van der Waals surface area contributed by atoms with Crippen molar-refractivity contribution in [2.45, 2.75) is 77.0 Å². The van der Waals surface area contributed by atoms with Gasteiger partial charge < -0.3 is 14.7 Å². The van der Waals surface area contributed by atoms with E-state index < -0.39 is 6.10 Å². The van der Waals surface area contributed by atoms with E-state index in [0.29, 0.717) is 38.6 Å². The minimum absolute atomic E-state index is 0.0352. The summed E-state index contributed by atoms with van der Waals surface area (Å²) >= 11 is 0. The van der Waals surface area contributed by atoms with Crippen molar-refractivity contribution in [1.82, 2.24) is 4.90 Å². The molecule has 5 nitrogen and oxygen atoms in total. The Balaban J connectivity index is 1.81. The quantitative estimate of drug-likeness (QED) is 0.292. The van der Waals surface area contributed by atoms with Gasteiger partial charge in [0, 0.05) is 25.7 Å². The first-order chi connectivity index (χ1) is 14.5. The number of ether oxygens (including phenoxy) is 1. The molecule has 1 N–H and O–H groups in total. The number of nitrogens with zero attached hydrogens (tertiary/aromatic N) is 1. The van der Waals surface area contributed by atoms with Gasteiger partial charge in [-0.25, -0.2) is 0 Å². The number of carbonyl (C=O) groups is 2. The van der Waals surface area contributed by atoms with Crippen LogP contribution in [0.2, 0.25) is 0 Å². The zero-order chi connectivity index (χ0) is 21.8. The van der Waals surface area contributed by atoms with Crippen LogP contribution in [-0.4, -0.2) is 46.7 Å². The van der Waals surface area contributed by atoms with Gasteiger partial charge in [0.05, 0.1) is 24.8 Å². The fraction of sp³-hybridized carbons (Fsp3) is 0.520. The zero-order valence-electron chi connectivity index (χ0n) is 18.0. The highest BCUT2D eigenvalue weighted by atomic mass is 16.5. The monoisotopic (exact) mass is 411 g/mol. The van der Waals surface area contributed by atoms with Crippen LogP contribution in [-0.2, 0) is 20.7 Å². The van der Waals surface area contributed by atoms with Crippen LogP contribution in [0.25, 0.3) is 0 Å². The van der Waals surface area contributed by atoms with E-state index in [2.05, 4.69) is 11.8 Å². The van der Waals surface area contributed by atoms with Crippen LogP contribution in [0.5, 0.6) is 0 Å². The Hall–Kier alpha value is -2.58. The third-order valence-corrected chi connectivity index (χ3v) is 4.88. The lowest BCUT2D eigenvalue weighted by Gasteiger charge is -2.32. The number of aliphatic hydroxyl groups excluding tert-OH is 1. The number of likely N-dealkylation sites (tertiary alicyclic amines) is 1. The van der Waals surface area contributed by atoms with Gasteiger partial charge in [-0.3, -0.25) is 9.59 Å². The topological polar surface area (TPSA) is 66.8 Å². The van der Waals surface area contributed by atoms with Crippen molar-refractivity contribution < 1.29 is 19.4 Å². The molecule has 0 aromatic heterocycles. The summed E-state index contributed by atoms with van der Waals surface area (Å²) < 4.78 is 5.10. The second-order valence-electron chi connectivity index (χ2n) is 7.87. The number of amides is 1. The van der Waals surface area contributed by atoms with E-state index in [4.69, 9.17) is 4.74 Å². The van der Waals surface area contributed by atoms with Crippen LogP contribution in [0.1, 0.15) is 57.9 Å². The Bertz CT molecular complexity index is 760. The third-order valence-electron chi connectivity index (χ3n) is 4.88. The third kappa shape index (κ3) is 8.84. The molecule has 1 aromatic rings. The maximum atomic E-state index is 12.4. The summed E-state index contributed by atoms with van der Waals surface area (Å²) in [6.07, 6.45) is 7.50. The van der Waals surface area contributed by atoms with E-state index in [0.717, 1.165) is 18.4 Å². The fourth-order valence-electron chi connectivity index (χ4n) is 3.40. The summed E-state index contributed by atoms with van der Waals surface area (Å²) in [5.74, 6) is 6.02. The lowest BCUT2D eigenvalue weighted by atomic mass is 9.99. The second kappa shape index (κ2) is 12.9. The van der Waals surface area contributed by atoms with Gasteiger partial charge in [0.15, 0.2) is 0 Å². The number of benzene rings is 1. The average molecular weight is 412 g/mol. The maximum absolute atomic E-state index is 12.4. The molecule has 0 radical (unpaired) electrons. The van der Waals surface area contributed by atoms with Crippen molar-refractivity contribution in [2.75, 3.05) is 6.54 Å². The van der Waals surface area contributed by atoms with Crippen molar-refractivity contribution in [1.29, 1.82) is 0 Å². The van der Waals surface area contributed by atoms with E-state index in [1.165, 1.54) is 0 Å². The Labute approximate surface area is 180 Å². The molecule has 2 atom stereocenters. The molecule has 0 spiro atoms. The molecule has 30 heavy (non-hydrogen) atoms. The zero-order valence-corrected chi connectivity index (χ0v) is 18.0. The molecule has 0 saturated carbocycles. The Kier molecular flexibility index (Phi) is 10.2. The minimum atomic E-state index is -0.581. The van der Waals surface area contributed by atoms with Gasteiger partial charge in [-0.05, 0) is 38.7 Å². The van der Waals surface area contributed by atoms with Crippen molar-refractivity contribution >= 4 is 11.9 Å². The highest BCUT2D eigenvalue weighted by Crippen LogP contribution is 2.19. The molecule has 0 bridgehead atoms. The summed E-state index contributed by atoms with van der Waals surface area (Å²) in [6, 6.07) is 9.82. The van der Waals surface area contributed by atoms with Crippen molar-refractivity contribution in [3.05, 3.63) is 48.0 Å². The maximum Gasteiger partial charge on any atom is 0.306 e.